The first kappa shape index (κ1) is 17.0. The summed E-state index contributed by atoms with van der Waals surface area (Å²) in [7, 11) is 3.82. The largest absolute Gasteiger partial charge is 0.384 e. The van der Waals surface area contributed by atoms with Crippen LogP contribution in [0.3, 0.4) is 0 Å². The summed E-state index contributed by atoms with van der Waals surface area (Å²) in [4.78, 5) is 4.67. The Hall–Kier alpha value is -1.89. The summed E-state index contributed by atoms with van der Waals surface area (Å²) in [5.74, 6) is 0.897. The summed E-state index contributed by atoms with van der Waals surface area (Å²) in [6.07, 6.45) is 3.51. The monoisotopic (exact) mass is 347 g/mol. The fourth-order valence-corrected chi connectivity index (χ4v) is 2.99. The molecule has 2 atom stereocenters. The highest BCUT2D eigenvalue weighted by Crippen LogP contribution is 2.24. The van der Waals surface area contributed by atoms with Crippen LogP contribution in [0, 0.1) is 0 Å². The average molecular weight is 348 g/mol. The number of aromatic nitrogens is 4. The number of aliphatic hydroxyl groups is 1. The van der Waals surface area contributed by atoms with Gasteiger partial charge in [-0.25, -0.2) is 4.98 Å². The standard InChI is InChI=1S/C17H22ClN5O/c1-11(19-10-17(2,24)12-8-20-22(3)9-12)16-21-14-7-13(18)5-6-15(14)23(16)4/h5-9,11,19,24H,10H2,1-4H3. The Bertz CT molecular complexity index is 867. The van der Waals surface area contributed by atoms with Gasteiger partial charge >= 0.3 is 0 Å². The maximum absolute atomic E-state index is 10.7. The Balaban J connectivity index is 1.77. The van der Waals surface area contributed by atoms with Crippen molar-refractivity contribution in [2.45, 2.75) is 25.5 Å². The predicted octanol–water partition coefficient (Wildman–Crippen LogP) is 2.52. The van der Waals surface area contributed by atoms with Crippen molar-refractivity contribution < 1.29 is 5.11 Å². The third-order valence-corrected chi connectivity index (χ3v) is 4.58. The van der Waals surface area contributed by atoms with Crippen LogP contribution in [0.1, 0.15) is 31.3 Å². The number of rotatable bonds is 5. The normalized spacial score (nSPS) is 15.6. The molecule has 6 nitrogen and oxygen atoms in total. The molecule has 0 amide bonds. The fraction of sp³-hybridized carbons (Fsp3) is 0.412. The van der Waals surface area contributed by atoms with Gasteiger partial charge in [0, 0.05) is 37.4 Å². The van der Waals surface area contributed by atoms with Gasteiger partial charge in [0.15, 0.2) is 0 Å². The number of halogens is 1. The molecule has 0 fully saturated rings. The minimum absolute atomic E-state index is 0.0238. The van der Waals surface area contributed by atoms with Gasteiger partial charge in [-0.3, -0.25) is 4.68 Å². The average Bonchev–Trinajstić information content (AvgIpc) is 3.09. The molecule has 2 heterocycles. The van der Waals surface area contributed by atoms with Crippen molar-refractivity contribution in [2.75, 3.05) is 6.54 Å². The summed E-state index contributed by atoms with van der Waals surface area (Å²) >= 11 is 6.04. The molecule has 1 aromatic carbocycles. The molecule has 0 spiro atoms. The van der Waals surface area contributed by atoms with E-state index in [0.29, 0.717) is 11.6 Å². The first-order valence-corrected chi connectivity index (χ1v) is 8.22. The maximum Gasteiger partial charge on any atom is 0.126 e. The van der Waals surface area contributed by atoms with E-state index in [1.807, 2.05) is 50.0 Å². The van der Waals surface area contributed by atoms with Crippen LogP contribution < -0.4 is 5.32 Å². The molecule has 7 heteroatoms. The molecule has 0 aliphatic heterocycles. The zero-order valence-electron chi connectivity index (χ0n) is 14.3. The summed E-state index contributed by atoms with van der Waals surface area (Å²) in [6.45, 7) is 4.20. The van der Waals surface area contributed by atoms with Gasteiger partial charge < -0.3 is 15.0 Å². The van der Waals surface area contributed by atoms with E-state index in [9.17, 15) is 5.11 Å². The number of imidazole rings is 1. The van der Waals surface area contributed by atoms with Crippen LogP contribution in [0.25, 0.3) is 11.0 Å². The first-order chi connectivity index (χ1) is 11.3. The highest BCUT2D eigenvalue weighted by Gasteiger charge is 2.26. The quantitative estimate of drug-likeness (QED) is 0.744. The summed E-state index contributed by atoms with van der Waals surface area (Å²) in [5, 5.41) is 18.8. The number of benzene rings is 1. The second kappa shape index (κ2) is 6.20. The molecule has 0 saturated carbocycles. The predicted molar refractivity (Wildman–Crippen MR) is 94.9 cm³/mol. The smallest absolute Gasteiger partial charge is 0.126 e. The number of fused-ring (bicyclic) bond motifs is 1. The maximum atomic E-state index is 10.7. The van der Waals surface area contributed by atoms with Gasteiger partial charge in [-0.1, -0.05) is 11.6 Å². The van der Waals surface area contributed by atoms with Crippen molar-refractivity contribution in [3.63, 3.8) is 0 Å². The van der Waals surface area contributed by atoms with Gasteiger partial charge in [0.25, 0.3) is 0 Å². The third-order valence-electron chi connectivity index (χ3n) is 4.34. The zero-order chi connectivity index (χ0) is 17.5. The number of aryl methyl sites for hydroxylation is 2. The van der Waals surface area contributed by atoms with Gasteiger partial charge in [-0.15, -0.1) is 0 Å². The molecule has 3 rings (SSSR count). The molecule has 2 aromatic heterocycles. The second-order valence-corrected chi connectivity index (χ2v) is 6.88. The van der Waals surface area contributed by atoms with Crippen molar-refractivity contribution in [3.05, 3.63) is 47.0 Å². The molecular weight excluding hydrogens is 326 g/mol. The van der Waals surface area contributed by atoms with Crippen molar-refractivity contribution in [2.24, 2.45) is 14.1 Å². The lowest BCUT2D eigenvalue weighted by atomic mass is 9.99. The molecule has 2 N–H and O–H groups in total. The molecular formula is C17H22ClN5O. The zero-order valence-corrected chi connectivity index (χ0v) is 15.0. The van der Waals surface area contributed by atoms with E-state index in [1.165, 1.54) is 0 Å². The number of nitrogens with zero attached hydrogens (tertiary/aromatic N) is 4. The minimum Gasteiger partial charge on any atom is -0.384 e. The summed E-state index contributed by atoms with van der Waals surface area (Å²) in [6, 6.07) is 5.66. The van der Waals surface area contributed by atoms with Gasteiger partial charge in [0.1, 0.15) is 11.4 Å². The molecule has 0 aliphatic rings. The second-order valence-electron chi connectivity index (χ2n) is 6.44. The first-order valence-electron chi connectivity index (χ1n) is 7.85. The lowest BCUT2D eigenvalue weighted by molar-refractivity contribution is 0.0539. The van der Waals surface area contributed by atoms with Crippen LogP contribution in [-0.4, -0.2) is 31.0 Å². The third kappa shape index (κ3) is 3.17. The number of hydrogen-bond acceptors (Lipinski definition) is 4. The Kier molecular flexibility index (Phi) is 4.38. The Labute approximate surface area is 146 Å². The molecule has 0 radical (unpaired) electrons. The molecule has 0 saturated heterocycles. The number of hydrogen-bond donors (Lipinski definition) is 2. The van der Waals surface area contributed by atoms with Crippen molar-refractivity contribution in [3.8, 4) is 0 Å². The van der Waals surface area contributed by atoms with Gasteiger partial charge in [0.05, 0.1) is 23.3 Å². The van der Waals surface area contributed by atoms with Crippen LogP contribution >= 0.6 is 11.6 Å². The molecule has 24 heavy (non-hydrogen) atoms. The van der Waals surface area contributed by atoms with Crippen molar-refractivity contribution >= 4 is 22.6 Å². The van der Waals surface area contributed by atoms with E-state index < -0.39 is 5.60 Å². The van der Waals surface area contributed by atoms with E-state index in [-0.39, 0.29) is 6.04 Å². The highest BCUT2D eigenvalue weighted by atomic mass is 35.5. The Morgan fingerprint density at radius 2 is 2.12 bits per heavy atom. The van der Waals surface area contributed by atoms with Crippen LogP contribution in [0.4, 0.5) is 0 Å². The Morgan fingerprint density at radius 1 is 1.38 bits per heavy atom. The van der Waals surface area contributed by atoms with Gasteiger partial charge in [-0.05, 0) is 32.0 Å². The van der Waals surface area contributed by atoms with Crippen LogP contribution in [0.15, 0.2) is 30.6 Å². The fourth-order valence-electron chi connectivity index (χ4n) is 2.82. The van der Waals surface area contributed by atoms with Gasteiger partial charge in [-0.2, -0.15) is 5.10 Å². The van der Waals surface area contributed by atoms with E-state index in [1.54, 1.807) is 17.8 Å². The van der Waals surface area contributed by atoms with E-state index in [0.717, 1.165) is 22.4 Å². The SMILES string of the molecule is CC(NCC(C)(O)c1cnn(C)c1)c1nc2cc(Cl)ccc2n1C. The van der Waals surface area contributed by atoms with Crippen LogP contribution in [0.2, 0.25) is 5.02 Å². The number of nitrogens with one attached hydrogen (secondary N) is 1. The molecule has 2 unspecified atom stereocenters. The lowest BCUT2D eigenvalue weighted by Gasteiger charge is -2.25. The van der Waals surface area contributed by atoms with Crippen molar-refractivity contribution in [1.82, 2.24) is 24.6 Å². The van der Waals surface area contributed by atoms with E-state index in [2.05, 4.69) is 15.4 Å². The summed E-state index contributed by atoms with van der Waals surface area (Å²) < 4.78 is 3.73. The van der Waals surface area contributed by atoms with Crippen LogP contribution in [0.5, 0.6) is 0 Å². The minimum atomic E-state index is -1.00. The van der Waals surface area contributed by atoms with E-state index >= 15 is 0 Å². The van der Waals surface area contributed by atoms with Crippen LogP contribution in [-0.2, 0) is 19.7 Å². The van der Waals surface area contributed by atoms with E-state index in [4.69, 9.17) is 11.6 Å². The molecule has 0 bridgehead atoms. The molecule has 128 valence electrons. The molecule has 0 aliphatic carbocycles. The summed E-state index contributed by atoms with van der Waals surface area (Å²) in [5.41, 5.74) is 1.67. The van der Waals surface area contributed by atoms with Crippen molar-refractivity contribution in [1.29, 1.82) is 0 Å². The lowest BCUT2D eigenvalue weighted by Crippen LogP contribution is -2.37. The Morgan fingerprint density at radius 3 is 2.79 bits per heavy atom. The topological polar surface area (TPSA) is 67.9 Å². The van der Waals surface area contributed by atoms with Gasteiger partial charge in [0.2, 0.25) is 0 Å². The highest BCUT2D eigenvalue weighted by molar-refractivity contribution is 6.31. The molecule has 3 aromatic rings.